The van der Waals surface area contributed by atoms with Crippen molar-refractivity contribution < 1.29 is 4.42 Å². The SMILES string of the molecule is CC1(C)c2ccccc2-c2ccc(N(c3ccc4c(c3)oc3c(-c5ccc6c7ccccc7c7ccccc7c6c5)c5ccccc5cc34)c3cccc4c3sc3ccccc34)cc21. The van der Waals surface area contributed by atoms with E-state index in [1.165, 1.54) is 85.5 Å². The third-order valence-electron chi connectivity index (χ3n) is 14.2. The van der Waals surface area contributed by atoms with Gasteiger partial charge in [0.2, 0.25) is 0 Å². The van der Waals surface area contributed by atoms with E-state index in [2.05, 4.69) is 219 Å². The number of hydrogen-bond acceptors (Lipinski definition) is 3. The lowest BCUT2D eigenvalue weighted by Crippen LogP contribution is -2.16. The fourth-order valence-electron chi connectivity index (χ4n) is 11.2. The van der Waals surface area contributed by atoms with Crippen molar-refractivity contribution in [2.24, 2.45) is 0 Å². The van der Waals surface area contributed by atoms with E-state index in [1.54, 1.807) is 0 Å². The lowest BCUT2D eigenvalue weighted by molar-refractivity contribution is 0.660. The van der Waals surface area contributed by atoms with Crippen molar-refractivity contribution in [2.75, 3.05) is 4.90 Å². The van der Waals surface area contributed by atoms with Crippen LogP contribution >= 0.6 is 11.3 Å². The van der Waals surface area contributed by atoms with E-state index in [4.69, 9.17) is 4.42 Å². The average molecular weight is 834 g/mol. The van der Waals surface area contributed by atoms with Crippen molar-refractivity contribution in [1.82, 2.24) is 0 Å². The molecule has 14 rings (SSSR count). The highest BCUT2D eigenvalue weighted by Crippen LogP contribution is 2.53. The smallest absolute Gasteiger partial charge is 0.143 e. The van der Waals surface area contributed by atoms with Crippen LogP contribution in [0.3, 0.4) is 0 Å². The second-order valence-electron chi connectivity index (χ2n) is 18.0. The Morgan fingerprint density at radius 3 is 1.84 bits per heavy atom. The first-order valence-corrected chi connectivity index (χ1v) is 23.0. The highest BCUT2D eigenvalue weighted by Gasteiger charge is 2.36. The van der Waals surface area contributed by atoms with Crippen molar-refractivity contribution in [2.45, 2.75) is 19.3 Å². The van der Waals surface area contributed by atoms with Crippen LogP contribution in [0.5, 0.6) is 0 Å². The van der Waals surface area contributed by atoms with Gasteiger partial charge in [0.15, 0.2) is 0 Å². The molecule has 0 N–H and O–H groups in total. The number of anilines is 3. The molecule has 0 aliphatic heterocycles. The largest absolute Gasteiger partial charge is 0.455 e. The molecule has 0 amide bonds. The molecule has 2 aromatic heterocycles. The summed E-state index contributed by atoms with van der Waals surface area (Å²) in [5.41, 5.74) is 12.6. The molecule has 0 saturated carbocycles. The molecule has 3 heteroatoms. The third kappa shape index (κ3) is 4.96. The van der Waals surface area contributed by atoms with Gasteiger partial charge in [-0.05, 0) is 119 Å². The highest BCUT2D eigenvalue weighted by atomic mass is 32.1. The zero-order valence-electron chi connectivity index (χ0n) is 35.3. The minimum atomic E-state index is -0.138. The molecule has 1 aliphatic carbocycles. The number of hydrogen-bond donors (Lipinski definition) is 0. The maximum Gasteiger partial charge on any atom is 0.143 e. The first-order valence-electron chi connectivity index (χ1n) is 22.2. The molecule has 0 spiro atoms. The van der Waals surface area contributed by atoms with Crippen molar-refractivity contribution in [3.8, 4) is 22.3 Å². The fraction of sp³-hybridized carbons (Fsp3) is 0.0492. The van der Waals surface area contributed by atoms with Crippen LogP contribution in [-0.4, -0.2) is 0 Å². The van der Waals surface area contributed by atoms with Gasteiger partial charge in [-0.1, -0.05) is 159 Å². The molecule has 2 heterocycles. The zero-order valence-corrected chi connectivity index (χ0v) is 36.1. The van der Waals surface area contributed by atoms with Crippen LogP contribution < -0.4 is 4.90 Å². The molecule has 0 radical (unpaired) electrons. The maximum absolute atomic E-state index is 7.24. The molecule has 0 atom stereocenters. The van der Waals surface area contributed by atoms with Crippen LogP contribution in [0.2, 0.25) is 0 Å². The van der Waals surface area contributed by atoms with Gasteiger partial charge in [-0.3, -0.25) is 0 Å². The van der Waals surface area contributed by atoms with Gasteiger partial charge in [-0.2, -0.15) is 0 Å². The van der Waals surface area contributed by atoms with Gasteiger partial charge in [0.05, 0.1) is 10.4 Å². The van der Waals surface area contributed by atoms with Gasteiger partial charge >= 0.3 is 0 Å². The highest BCUT2D eigenvalue weighted by molar-refractivity contribution is 7.26. The summed E-state index contributed by atoms with van der Waals surface area (Å²) in [6.07, 6.45) is 0. The third-order valence-corrected chi connectivity index (χ3v) is 15.4. The number of thiophene rings is 1. The first-order chi connectivity index (χ1) is 31.5. The predicted octanol–water partition coefficient (Wildman–Crippen LogP) is 18.0. The Labute approximate surface area is 373 Å². The second kappa shape index (κ2) is 13.2. The summed E-state index contributed by atoms with van der Waals surface area (Å²) < 4.78 is 9.79. The van der Waals surface area contributed by atoms with Gasteiger partial charge in [0, 0.05) is 54.7 Å². The van der Waals surface area contributed by atoms with Gasteiger partial charge in [-0.25, -0.2) is 0 Å². The topological polar surface area (TPSA) is 16.4 Å². The Morgan fingerprint density at radius 1 is 0.422 bits per heavy atom. The van der Waals surface area contributed by atoms with Crippen LogP contribution in [0, 0.1) is 0 Å². The Morgan fingerprint density at radius 2 is 1.03 bits per heavy atom. The number of fused-ring (bicyclic) bond motifs is 16. The van der Waals surface area contributed by atoms with E-state index >= 15 is 0 Å². The predicted molar refractivity (Wildman–Crippen MR) is 274 cm³/mol. The summed E-state index contributed by atoms with van der Waals surface area (Å²) in [5.74, 6) is 0. The van der Waals surface area contributed by atoms with E-state index in [9.17, 15) is 0 Å². The summed E-state index contributed by atoms with van der Waals surface area (Å²) in [6.45, 7) is 4.72. The minimum absolute atomic E-state index is 0.138. The molecular weight excluding hydrogens is 795 g/mol. The Balaban J connectivity index is 1.01. The first kappa shape index (κ1) is 35.8. The number of rotatable bonds is 4. The van der Waals surface area contributed by atoms with Crippen molar-refractivity contribution in [3.05, 3.63) is 211 Å². The molecule has 2 nitrogen and oxygen atoms in total. The van der Waals surface area contributed by atoms with Crippen LogP contribution in [-0.2, 0) is 5.41 Å². The lowest BCUT2D eigenvalue weighted by Gasteiger charge is -2.28. The standard InChI is InChI=1S/C61H39NOS/c1-61(2)53-23-11-9-20-46(53)47-30-27-38(34-54(47)61)62(55-24-13-22-50-49-21-10-12-25-57(49)64-60(50)55)39-28-31-48-52-32-36-14-3-4-15-40(36)58(59(52)63-56(48)35-39)37-26-29-45-43-18-6-5-16-41(43)42-17-7-8-19-44(42)51(45)33-37/h3-35H,1-2H3. The lowest BCUT2D eigenvalue weighted by atomic mass is 9.82. The summed E-state index contributed by atoms with van der Waals surface area (Å²) in [5, 5.41) is 14.8. The van der Waals surface area contributed by atoms with E-state index in [-0.39, 0.29) is 5.41 Å². The van der Waals surface area contributed by atoms with E-state index in [1.807, 2.05) is 11.3 Å². The Bertz CT molecular complexity index is 4090. The second-order valence-corrected chi connectivity index (χ2v) is 19.0. The molecular formula is C61H39NOS. The molecule has 1 aliphatic rings. The van der Waals surface area contributed by atoms with Gasteiger partial charge in [0.25, 0.3) is 0 Å². The maximum atomic E-state index is 7.24. The van der Waals surface area contributed by atoms with Crippen LogP contribution in [0.1, 0.15) is 25.0 Å². The molecule has 64 heavy (non-hydrogen) atoms. The molecule has 0 fully saturated rings. The number of furan rings is 1. The minimum Gasteiger partial charge on any atom is -0.455 e. The molecule has 13 aromatic rings. The molecule has 0 unspecified atom stereocenters. The van der Waals surface area contributed by atoms with Crippen LogP contribution in [0.4, 0.5) is 17.1 Å². The summed E-state index contributed by atoms with van der Waals surface area (Å²) in [4.78, 5) is 2.46. The summed E-state index contributed by atoms with van der Waals surface area (Å²) in [6, 6.07) is 74.1. The monoisotopic (exact) mass is 833 g/mol. The van der Waals surface area contributed by atoms with E-state index in [0.29, 0.717) is 0 Å². The van der Waals surface area contributed by atoms with Crippen molar-refractivity contribution in [1.29, 1.82) is 0 Å². The number of benzene rings is 11. The van der Waals surface area contributed by atoms with Crippen LogP contribution in [0.25, 0.3) is 107 Å². The van der Waals surface area contributed by atoms with Gasteiger partial charge in [0.1, 0.15) is 11.2 Å². The van der Waals surface area contributed by atoms with Crippen LogP contribution in [0.15, 0.2) is 205 Å². The molecule has 300 valence electrons. The van der Waals surface area contributed by atoms with E-state index in [0.717, 1.165) is 50.1 Å². The molecule has 11 aromatic carbocycles. The molecule has 0 saturated heterocycles. The average Bonchev–Trinajstić information content (AvgIpc) is 3.98. The number of nitrogens with zero attached hydrogens (tertiary/aromatic N) is 1. The zero-order chi connectivity index (χ0) is 42.3. The fourth-order valence-corrected chi connectivity index (χ4v) is 12.4. The van der Waals surface area contributed by atoms with E-state index < -0.39 is 0 Å². The Kier molecular flexibility index (Phi) is 7.36. The van der Waals surface area contributed by atoms with Gasteiger partial charge < -0.3 is 9.32 Å². The summed E-state index contributed by atoms with van der Waals surface area (Å²) in [7, 11) is 0. The Hall–Kier alpha value is -7.72. The molecule has 0 bridgehead atoms. The normalized spacial score (nSPS) is 13.3. The quantitative estimate of drug-likeness (QED) is 0.164. The summed E-state index contributed by atoms with van der Waals surface area (Å²) >= 11 is 1.87. The van der Waals surface area contributed by atoms with Crippen molar-refractivity contribution in [3.63, 3.8) is 0 Å². The van der Waals surface area contributed by atoms with Crippen molar-refractivity contribution >= 4 is 114 Å². The van der Waals surface area contributed by atoms with Gasteiger partial charge in [-0.15, -0.1) is 11.3 Å².